The van der Waals surface area contributed by atoms with Gasteiger partial charge in [0.05, 0.1) is 22.9 Å². The van der Waals surface area contributed by atoms with E-state index < -0.39 is 0 Å². The third-order valence-electron chi connectivity index (χ3n) is 4.40. The zero-order valence-electron chi connectivity index (χ0n) is 14.9. The van der Waals surface area contributed by atoms with E-state index in [4.69, 9.17) is 11.6 Å². The van der Waals surface area contributed by atoms with Crippen LogP contribution in [-0.2, 0) is 25.1 Å². The molecule has 0 unspecified atom stereocenters. The Hall–Kier alpha value is -1.23. The number of anilines is 1. The van der Waals surface area contributed by atoms with Crippen LogP contribution in [0.4, 0.5) is 5.69 Å². The summed E-state index contributed by atoms with van der Waals surface area (Å²) in [6, 6.07) is 8.46. The molecule has 134 valence electrons. The number of hydrogen-bond donors (Lipinski definition) is 2. The van der Waals surface area contributed by atoms with Crippen LogP contribution in [-0.4, -0.2) is 23.3 Å². The number of benzene rings is 1. The van der Waals surface area contributed by atoms with Crippen LogP contribution in [0, 0.1) is 0 Å². The Morgan fingerprint density at radius 1 is 1.20 bits per heavy atom. The van der Waals surface area contributed by atoms with E-state index in [0.717, 1.165) is 48.1 Å². The number of fused-ring (bicyclic) bond motifs is 1. The van der Waals surface area contributed by atoms with E-state index >= 15 is 0 Å². The van der Waals surface area contributed by atoms with Crippen LogP contribution < -0.4 is 10.6 Å². The largest absolute Gasteiger partial charge is 0.378 e. The summed E-state index contributed by atoms with van der Waals surface area (Å²) in [7, 11) is 0. The van der Waals surface area contributed by atoms with Gasteiger partial charge in [0.15, 0.2) is 0 Å². The second kappa shape index (κ2) is 8.93. The van der Waals surface area contributed by atoms with Gasteiger partial charge in [0, 0.05) is 11.9 Å². The molecule has 0 spiro atoms. The Kier molecular flexibility index (Phi) is 6.63. The highest BCUT2D eigenvalue weighted by Crippen LogP contribution is 2.31. The minimum atomic E-state index is 0.645. The Balaban J connectivity index is 1.67. The molecule has 5 heteroatoms. The van der Waals surface area contributed by atoms with Gasteiger partial charge in [-0.25, -0.2) is 0 Å². The third kappa shape index (κ3) is 5.13. The van der Waals surface area contributed by atoms with Gasteiger partial charge in [-0.15, -0.1) is 0 Å². The summed E-state index contributed by atoms with van der Waals surface area (Å²) in [6.07, 6.45) is 4.06. The molecule has 0 amide bonds. The number of hydrogen-bond acceptors (Lipinski definition) is 4. The standard InChI is InChI=1S/C20H26ClN3S/c1-14(2)25-13-15-3-5-17(23-11-15)12-24-20-18-8-10-22-9-7-16(18)4-6-19(20)21/h3-6,11,14,22,24H,7-10,12-13H2,1-2H3. The van der Waals surface area contributed by atoms with Crippen molar-refractivity contribution in [3.63, 3.8) is 0 Å². The number of nitrogens with zero attached hydrogens (tertiary/aromatic N) is 1. The van der Waals surface area contributed by atoms with Crippen molar-refractivity contribution in [2.75, 3.05) is 18.4 Å². The molecule has 0 saturated heterocycles. The normalized spacial score (nSPS) is 14.2. The summed E-state index contributed by atoms with van der Waals surface area (Å²) in [5, 5.41) is 8.42. The van der Waals surface area contributed by atoms with Gasteiger partial charge in [-0.2, -0.15) is 11.8 Å². The van der Waals surface area contributed by atoms with E-state index in [1.165, 1.54) is 16.7 Å². The fraction of sp³-hybridized carbons (Fsp3) is 0.450. The lowest BCUT2D eigenvalue weighted by Crippen LogP contribution is -2.16. The first kappa shape index (κ1) is 18.6. The molecule has 1 aromatic heterocycles. The van der Waals surface area contributed by atoms with E-state index in [1.807, 2.05) is 24.0 Å². The topological polar surface area (TPSA) is 37.0 Å². The van der Waals surface area contributed by atoms with Gasteiger partial charge in [-0.3, -0.25) is 4.98 Å². The van der Waals surface area contributed by atoms with Crippen molar-refractivity contribution >= 4 is 29.1 Å². The SMILES string of the molecule is CC(C)SCc1ccc(CNc2c(Cl)ccc3c2CCNCC3)nc1. The number of thioether (sulfide) groups is 1. The molecule has 0 fully saturated rings. The van der Waals surface area contributed by atoms with Crippen LogP contribution in [0.3, 0.4) is 0 Å². The minimum Gasteiger partial charge on any atom is -0.378 e. The van der Waals surface area contributed by atoms with E-state index in [1.54, 1.807) is 0 Å². The molecule has 0 bridgehead atoms. The van der Waals surface area contributed by atoms with Crippen molar-refractivity contribution < 1.29 is 0 Å². The molecule has 0 atom stereocenters. The van der Waals surface area contributed by atoms with Crippen molar-refractivity contribution in [3.05, 3.63) is 57.9 Å². The fourth-order valence-corrected chi connectivity index (χ4v) is 3.96. The van der Waals surface area contributed by atoms with Gasteiger partial charge in [-0.1, -0.05) is 37.6 Å². The number of pyridine rings is 1. The lowest BCUT2D eigenvalue weighted by Gasteiger charge is -2.16. The number of aromatic nitrogens is 1. The Morgan fingerprint density at radius 2 is 2.04 bits per heavy atom. The van der Waals surface area contributed by atoms with Crippen LogP contribution in [0.2, 0.25) is 5.02 Å². The highest BCUT2D eigenvalue weighted by atomic mass is 35.5. The maximum Gasteiger partial charge on any atom is 0.0640 e. The van der Waals surface area contributed by atoms with Crippen LogP contribution in [0.25, 0.3) is 0 Å². The van der Waals surface area contributed by atoms with Gasteiger partial charge in [0.25, 0.3) is 0 Å². The lowest BCUT2D eigenvalue weighted by molar-refractivity contribution is 0.711. The second-order valence-electron chi connectivity index (χ2n) is 6.68. The molecule has 2 N–H and O–H groups in total. The molecular weight excluding hydrogens is 350 g/mol. The average Bonchev–Trinajstić information content (AvgIpc) is 2.85. The van der Waals surface area contributed by atoms with Crippen molar-refractivity contribution in [3.8, 4) is 0 Å². The third-order valence-corrected chi connectivity index (χ3v) is 5.88. The first-order chi connectivity index (χ1) is 12.1. The maximum atomic E-state index is 6.47. The van der Waals surface area contributed by atoms with Gasteiger partial charge < -0.3 is 10.6 Å². The molecule has 1 aliphatic rings. The molecule has 0 radical (unpaired) electrons. The van der Waals surface area contributed by atoms with Crippen LogP contribution in [0.5, 0.6) is 0 Å². The Morgan fingerprint density at radius 3 is 2.80 bits per heavy atom. The molecule has 25 heavy (non-hydrogen) atoms. The zero-order chi connectivity index (χ0) is 17.6. The first-order valence-electron chi connectivity index (χ1n) is 8.93. The Bertz CT molecular complexity index is 701. The first-order valence-corrected chi connectivity index (χ1v) is 10.4. The minimum absolute atomic E-state index is 0.645. The summed E-state index contributed by atoms with van der Waals surface area (Å²) >= 11 is 8.41. The molecule has 3 rings (SSSR count). The van der Waals surface area contributed by atoms with Crippen molar-refractivity contribution in [1.82, 2.24) is 10.3 Å². The molecule has 0 saturated carbocycles. The van der Waals surface area contributed by atoms with Gasteiger partial charge >= 0.3 is 0 Å². The fourth-order valence-electron chi connectivity index (χ4n) is 3.02. The monoisotopic (exact) mass is 375 g/mol. The molecule has 2 aromatic rings. The van der Waals surface area contributed by atoms with Crippen LogP contribution in [0.1, 0.15) is 36.2 Å². The lowest BCUT2D eigenvalue weighted by atomic mass is 10.0. The quantitative estimate of drug-likeness (QED) is 0.768. The van der Waals surface area contributed by atoms with E-state index in [0.29, 0.717) is 11.8 Å². The average molecular weight is 376 g/mol. The van der Waals surface area contributed by atoms with E-state index in [2.05, 4.69) is 47.7 Å². The number of nitrogens with one attached hydrogen (secondary N) is 2. The number of rotatable bonds is 6. The number of halogens is 1. The molecule has 1 aliphatic heterocycles. The molecule has 0 aliphatic carbocycles. The predicted molar refractivity (Wildman–Crippen MR) is 110 cm³/mol. The van der Waals surface area contributed by atoms with Crippen molar-refractivity contribution in [1.29, 1.82) is 0 Å². The van der Waals surface area contributed by atoms with Gasteiger partial charge in [-0.05, 0) is 60.0 Å². The van der Waals surface area contributed by atoms with E-state index in [-0.39, 0.29) is 0 Å². The van der Waals surface area contributed by atoms with Crippen LogP contribution >= 0.6 is 23.4 Å². The summed E-state index contributed by atoms with van der Waals surface area (Å²) in [5.74, 6) is 1.02. The molecular formula is C20H26ClN3S. The van der Waals surface area contributed by atoms with Crippen molar-refractivity contribution in [2.24, 2.45) is 0 Å². The predicted octanol–water partition coefficient (Wildman–Crippen LogP) is 4.68. The highest BCUT2D eigenvalue weighted by molar-refractivity contribution is 7.99. The second-order valence-corrected chi connectivity index (χ2v) is 8.65. The van der Waals surface area contributed by atoms with Gasteiger partial charge in [0.2, 0.25) is 0 Å². The molecule has 1 aromatic carbocycles. The van der Waals surface area contributed by atoms with Crippen molar-refractivity contribution in [2.45, 2.75) is 44.2 Å². The summed E-state index contributed by atoms with van der Waals surface area (Å²) in [6.45, 7) is 7.17. The maximum absolute atomic E-state index is 6.47. The van der Waals surface area contributed by atoms with E-state index in [9.17, 15) is 0 Å². The Labute approximate surface area is 160 Å². The molecule has 2 heterocycles. The summed E-state index contributed by atoms with van der Waals surface area (Å²) in [4.78, 5) is 4.60. The summed E-state index contributed by atoms with van der Waals surface area (Å²) < 4.78 is 0. The van der Waals surface area contributed by atoms with Crippen LogP contribution in [0.15, 0.2) is 30.5 Å². The molecule has 3 nitrogen and oxygen atoms in total. The zero-order valence-corrected chi connectivity index (χ0v) is 16.5. The highest BCUT2D eigenvalue weighted by Gasteiger charge is 2.14. The summed E-state index contributed by atoms with van der Waals surface area (Å²) in [5.41, 5.74) is 6.14. The smallest absolute Gasteiger partial charge is 0.0640 e. The van der Waals surface area contributed by atoms with Gasteiger partial charge in [0.1, 0.15) is 0 Å².